The Morgan fingerprint density at radius 3 is 2.79 bits per heavy atom. The summed E-state index contributed by atoms with van der Waals surface area (Å²) < 4.78 is 6.50. The Hall–Kier alpha value is -2.04. The predicted molar refractivity (Wildman–Crippen MR) is 47.5 cm³/mol. The summed E-state index contributed by atoms with van der Waals surface area (Å²) in [4.78, 5) is 21.1. The van der Waals surface area contributed by atoms with Crippen molar-refractivity contribution in [3.8, 4) is 0 Å². The third-order valence-electron chi connectivity index (χ3n) is 2.05. The van der Waals surface area contributed by atoms with Crippen LogP contribution in [-0.4, -0.2) is 21.9 Å². The second kappa shape index (κ2) is 2.73. The molecular formula is C9H7NO4. The molecule has 2 heterocycles. The van der Waals surface area contributed by atoms with Gasteiger partial charge in [0.15, 0.2) is 12.0 Å². The molecule has 2 aromatic heterocycles. The molecule has 5 nitrogen and oxygen atoms in total. The molecule has 0 aliphatic heterocycles. The van der Waals surface area contributed by atoms with Crippen LogP contribution in [-0.2, 0) is 7.05 Å². The number of hydrogen-bond acceptors (Lipinski definition) is 3. The minimum Gasteiger partial charge on any atom is -0.477 e. The van der Waals surface area contributed by atoms with Crippen LogP contribution in [0.3, 0.4) is 0 Å². The molecule has 1 N–H and O–H groups in total. The van der Waals surface area contributed by atoms with Crippen molar-refractivity contribution in [3.05, 3.63) is 23.6 Å². The molecule has 0 aromatic carbocycles. The fourth-order valence-electron chi connectivity index (χ4n) is 1.40. The Morgan fingerprint density at radius 1 is 1.57 bits per heavy atom. The number of furan rings is 1. The number of carbonyl (C=O) groups excluding carboxylic acids is 1. The molecule has 14 heavy (non-hydrogen) atoms. The zero-order chi connectivity index (χ0) is 10.3. The maximum absolute atomic E-state index is 10.7. The number of carboxylic acids is 1. The molecule has 0 bridgehead atoms. The van der Waals surface area contributed by atoms with Gasteiger partial charge in [-0.15, -0.1) is 0 Å². The summed E-state index contributed by atoms with van der Waals surface area (Å²) in [6.07, 6.45) is 0.584. The zero-order valence-corrected chi connectivity index (χ0v) is 7.35. The summed E-state index contributed by atoms with van der Waals surface area (Å²) >= 11 is 0. The highest BCUT2D eigenvalue weighted by atomic mass is 16.4. The highest BCUT2D eigenvalue weighted by molar-refractivity contribution is 5.94. The van der Waals surface area contributed by atoms with Crippen LogP contribution >= 0.6 is 0 Å². The number of aromatic nitrogens is 1. The van der Waals surface area contributed by atoms with Gasteiger partial charge in [-0.2, -0.15) is 0 Å². The normalized spacial score (nSPS) is 10.6. The number of rotatable bonds is 2. The molecule has 2 aromatic rings. The van der Waals surface area contributed by atoms with E-state index >= 15 is 0 Å². The number of aromatic carboxylic acids is 1. The molecule has 0 amide bonds. The minimum absolute atomic E-state index is 0.135. The fourth-order valence-corrected chi connectivity index (χ4v) is 1.40. The molecule has 0 atom stereocenters. The van der Waals surface area contributed by atoms with Gasteiger partial charge in [0, 0.05) is 12.4 Å². The van der Waals surface area contributed by atoms with Crippen molar-refractivity contribution in [2.75, 3.05) is 0 Å². The lowest BCUT2D eigenvalue weighted by Gasteiger charge is -1.95. The Balaban J connectivity index is 2.72. The first-order valence-corrected chi connectivity index (χ1v) is 3.91. The summed E-state index contributed by atoms with van der Waals surface area (Å²) in [5, 5.41) is 9.40. The lowest BCUT2D eigenvalue weighted by atomic mass is 10.3. The van der Waals surface area contributed by atoms with Crippen molar-refractivity contribution in [2.24, 2.45) is 7.05 Å². The van der Waals surface area contributed by atoms with Gasteiger partial charge >= 0.3 is 5.97 Å². The van der Waals surface area contributed by atoms with Crippen LogP contribution in [0.2, 0.25) is 0 Å². The third-order valence-corrected chi connectivity index (χ3v) is 2.05. The van der Waals surface area contributed by atoms with E-state index in [0.717, 1.165) is 0 Å². The number of aryl methyl sites for hydroxylation is 1. The molecule has 0 unspecified atom stereocenters. The van der Waals surface area contributed by atoms with E-state index in [-0.39, 0.29) is 11.5 Å². The van der Waals surface area contributed by atoms with Crippen LogP contribution in [0.25, 0.3) is 11.1 Å². The second-order valence-electron chi connectivity index (χ2n) is 2.92. The van der Waals surface area contributed by atoms with Crippen LogP contribution < -0.4 is 0 Å². The standard InChI is InChI=1S/C9H7NO4/c1-10-7(9(12)13)3-5-2-6(4-11)14-8(5)10/h2-4H,1H3,(H,12,13). The van der Waals surface area contributed by atoms with E-state index in [4.69, 9.17) is 9.52 Å². The van der Waals surface area contributed by atoms with E-state index in [1.165, 1.54) is 16.7 Å². The van der Waals surface area contributed by atoms with Crippen LogP contribution in [0.5, 0.6) is 0 Å². The highest BCUT2D eigenvalue weighted by Gasteiger charge is 2.15. The largest absolute Gasteiger partial charge is 0.477 e. The van der Waals surface area contributed by atoms with E-state index < -0.39 is 5.97 Å². The van der Waals surface area contributed by atoms with Crippen LogP contribution in [0.1, 0.15) is 21.0 Å². The Labute approximate surface area is 78.5 Å². The van der Waals surface area contributed by atoms with Gasteiger partial charge in [0.25, 0.3) is 0 Å². The van der Waals surface area contributed by atoms with E-state index in [0.29, 0.717) is 17.4 Å². The zero-order valence-electron chi connectivity index (χ0n) is 7.35. The van der Waals surface area contributed by atoms with Gasteiger partial charge in [0.05, 0.1) is 0 Å². The predicted octanol–water partition coefficient (Wildman–Crippen LogP) is 1.28. The molecule has 0 spiro atoms. The van der Waals surface area contributed by atoms with E-state index in [2.05, 4.69) is 0 Å². The molecule has 0 aliphatic carbocycles. The molecule has 0 saturated carbocycles. The number of nitrogens with zero attached hydrogens (tertiary/aromatic N) is 1. The Kier molecular flexibility index (Phi) is 1.67. The molecule has 0 fully saturated rings. The van der Waals surface area contributed by atoms with E-state index in [1.807, 2.05) is 0 Å². The minimum atomic E-state index is -1.02. The number of hydrogen-bond donors (Lipinski definition) is 1. The van der Waals surface area contributed by atoms with Gasteiger partial charge in [-0.1, -0.05) is 0 Å². The molecule has 0 saturated heterocycles. The lowest BCUT2D eigenvalue weighted by molar-refractivity contribution is 0.0686. The molecule has 2 rings (SSSR count). The quantitative estimate of drug-likeness (QED) is 0.729. The second-order valence-corrected chi connectivity index (χ2v) is 2.92. The molecule has 0 aliphatic rings. The van der Waals surface area contributed by atoms with E-state index in [9.17, 15) is 9.59 Å². The average molecular weight is 193 g/mol. The number of carboxylic acid groups (broad SMARTS) is 1. The SMILES string of the molecule is Cn1c(C(=O)O)cc2cc(C=O)oc21. The van der Waals surface area contributed by atoms with Gasteiger partial charge in [-0.05, 0) is 12.1 Å². The molecule has 0 radical (unpaired) electrons. The smallest absolute Gasteiger partial charge is 0.352 e. The summed E-state index contributed by atoms with van der Waals surface area (Å²) in [6.45, 7) is 0. The lowest BCUT2D eigenvalue weighted by Crippen LogP contribution is -2.03. The first kappa shape index (κ1) is 8.55. The number of aldehydes is 1. The third kappa shape index (κ3) is 1.02. The number of fused-ring (bicyclic) bond motifs is 1. The number of carbonyl (C=O) groups is 2. The molecular weight excluding hydrogens is 186 g/mol. The summed E-state index contributed by atoms with van der Waals surface area (Å²) in [5.41, 5.74) is 0.528. The van der Waals surface area contributed by atoms with Crippen molar-refractivity contribution in [1.82, 2.24) is 4.57 Å². The molecule has 72 valence electrons. The van der Waals surface area contributed by atoms with Gasteiger partial charge < -0.3 is 14.1 Å². The first-order chi connectivity index (χ1) is 6.63. The maximum Gasteiger partial charge on any atom is 0.352 e. The van der Waals surface area contributed by atoms with Gasteiger partial charge in [0.2, 0.25) is 5.71 Å². The Morgan fingerprint density at radius 2 is 2.29 bits per heavy atom. The van der Waals surface area contributed by atoms with Gasteiger partial charge in [-0.3, -0.25) is 4.79 Å². The first-order valence-electron chi connectivity index (χ1n) is 3.91. The van der Waals surface area contributed by atoms with Gasteiger partial charge in [0.1, 0.15) is 5.69 Å². The summed E-state index contributed by atoms with van der Waals surface area (Å²) in [6, 6.07) is 2.98. The summed E-state index contributed by atoms with van der Waals surface area (Å²) in [5.74, 6) is -0.825. The van der Waals surface area contributed by atoms with Crippen LogP contribution in [0.15, 0.2) is 16.5 Å². The van der Waals surface area contributed by atoms with Crippen molar-refractivity contribution in [1.29, 1.82) is 0 Å². The summed E-state index contributed by atoms with van der Waals surface area (Å²) in [7, 11) is 1.57. The van der Waals surface area contributed by atoms with Crippen molar-refractivity contribution < 1.29 is 19.1 Å². The van der Waals surface area contributed by atoms with Crippen LogP contribution in [0.4, 0.5) is 0 Å². The van der Waals surface area contributed by atoms with Crippen molar-refractivity contribution in [3.63, 3.8) is 0 Å². The monoisotopic (exact) mass is 193 g/mol. The highest BCUT2D eigenvalue weighted by Crippen LogP contribution is 2.21. The van der Waals surface area contributed by atoms with E-state index in [1.54, 1.807) is 7.05 Å². The van der Waals surface area contributed by atoms with Gasteiger partial charge in [-0.25, -0.2) is 4.79 Å². The molecule has 5 heteroatoms. The maximum atomic E-state index is 10.7. The topological polar surface area (TPSA) is 72.4 Å². The fraction of sp³-hybridized carbons (Fsp3) is 0.111. The Bertz CT molecular complexity index is 520. The van der Waals surface area contributed by atoms with Crippen LogP contribution in [0, 0.1) is 0 Å². The van der Waals surface area contributed by atoms with Crippen molar-refractivity contribution in [2.45, 2.75) is 0 Å². The van der Waals surface area contributed by atoms with Crippen molar-refractivity contribution >= 4 is 23.4 Å². The average Bonchev–Trinajstić information content (AvgIpc) is 2.65.